The molecule has 11 heteroatoms. The van der Waals surface area contributed by atoms with E-state index in [0.29, 0.717) is 36.4 Å². The maximum atomic E-state index is 15.9. The molecule has 8 nitrogen and oxygen atoms in total. The molecule has 1 N–H and O–H groups in total. The molecule has 4 rings (SSSR count). The van der Waals surface area contributed by atoms with Crippen LogP contribution < -0.4 is 4.74 Å². The summed E-state index contributed by atoms with van der Waals surface area (Å²) in [6.45, 7) is 9.43. The largest absolute Gasteiger partial charge is 0.491 e. The Balaban J connectivity index is 1.67. The molecule has 0 saturated heterocycles. The minimum Gasteiger partial charge on any atom is -0.491 e. The summed E-state index contributed by atoms with van der Waals surface area (Å²) in [5, 5.41) is 0.742. The fourth-order valence-electron chi connectivity index (χ4n) is 5.77. The highest BCUT2D eigenvalue weighted by Crippen LogP contribution is 2.42. The van der Waals surface area contributed by atoms with Gasteiger partial charge in [0.25, 0.3) is 0 Å². The van der Waals surface area contributed by atoms with Gasteiger partial charge in [-0.25, -0.2) is 13.6 Å². The number of amides is 1. The lowest BCUT2D eigenvalue weighted by atomic mass is 9.88. The number of methoxy groups -OCH3 is 1. The van der Waals surface area contributed by atoms with Gasteiger partial charge in [0.2, 0.25) is 0 Å². The zero-order valence-corrected chi connectivity index (χ0v) is 26.3. The van der Waals surface area contributed by atoms with E-state index in [1.54, 1.807) is 46.8 Å². The normalized spacial score (nSPS) is 16.0. The molecule has 1 aliphatic rings. The molecule has 0 bridgehead atoms. The van der Waals surface area contributed by atoms with Crippen LogP contribution in [-0.2, 0) is 20.7 Å². The van der Waals surface area contributed by atoms with Crippen LogP contribution in [0, 0.1) is 24.5 Å². The van der Waals surface area contributed by atoms with Crippen molar-refractivity contribution in [2.24, 2.45) is 5.92 Å². The first-order chi connectivity index (χ1) is 20.8. The van der Waals surface area contributed by atoms with Gasteiger partial charge in [0.05, 0.1) is 32.3 Å². The summed E-state index contributed by atoms with van der Waals surface area (Å²) in [4.78, 5) is 31.9. The van der Waals surface area contributed by atoms with Crippen molar-refractivity contribution in [3.05, 3.63) is 64.4 Å². The number of H-pyrrole nitrogens is 1. The van der Waals surface area contributed by atoms with Gasteiger partial charge in [-0.1, -0.05) is 6.92 Å². The lowest BCUT2D eigenvalue weighted by Crippen LogP contribution is -2.41. The third-order valence-corrected chi connectivity index (χ3v) is 7.82. The molecule has 240 valence electrons. The summed E-state index contributed by atoms with van der Waals surface area (Å²) in [5.41, 5.74) is 2.58. The molecule has 44 heavy (non-hydrogen) atoms. The van der Waals surface area contributed by atoms with E-state index < -0.39 is 36.1 Å². The van der Waals surface area contributed by atoms with Crippen LogP contribution in [0.3, 0.4) is 0 Å². The monoisotopic (exact) mass is 617 g/mol. The van der Waals surface area contributed by atoms with E-state index in [0.717, 1.165) is 22.2 Å². The predicted molar refractivity (Wildman–Crippen MR) is 162 cm³/mol. The second-order valence-corrected chi connectivity index (χ2v) is 12.2. The summed E-state index contributed by atoms with van der Waals surface area (Å²) >= 11 is 0. The quantitative estimate of drug-likeness (QED) is 0.248. The summed E-state index contributed by atoms with van der Waals surface area (Å²) in [5.74, 6) is -1.23. The Morgan fingerprint density at radius 3 is 2.59 bits per heavy atom. The first-order valence-electron chi connectivity index (χ1n) is 14.9. The van der Waals surface area contributed by atoms with E-state index >= 15 is 4.39 Å². The van der Waals surface area contributed by atoms with E-state index in [4.69, 9.17) is 14.2 Å². The number of rotatable bonds is 11. The van der Waals surface area contributed by atoms with Crippen molar-refractivity contribution in [3.63, 3.8) is 0 Å². The first kappa shape index (κ1) is 33.2. The molecule has 2 heterocycles. The second-order valence-electron chi connectivity index (χ2n) is 12.2. The molecule has 1 aromatic heterocycles. The topological polar surface area (TPSA) is 84.1 Å². The maximum Gasteiger partial charge on any atom is 0.410 e. The fraction of sp³-hybridized carbons (Fsp3) is 0.515. The summed E-state index contributed by atoms with van der Waals surface area (Å²) in [7, 11) is 1.34. The summed E-state index contributed by atoms with van der Waals surface area (Å²) in [6, 6.07) is 6.79. The molecule has 1 amide bonds. The minimum atomic E-state index is -0.709. The van der Waals surface area contributed by atoms with Crippen LogP contribution in [0.4, 0.5) is 18.0 Å². The molecule has 0 radical (unpaired) electrons. The molecular formula is C33H42F3N3O5. The summed E-state index contributed by atoms with van der Waals surface area (Å²) < 4.78 is 59.5. The average molecular weight is 618 g/mol. The Hall–Kier alpha value is -3.73. The van der Waals surface area contributed by atoms with Gasteiger partial charge in [0.15, 0.2) is 0 Å². The van der Waals surface area contributed by atoms with E-state index in [1.165, 1.54) is 30.2 Å². The number of nitrogens with zero attached hydrogens (tertiary/aromatic N) is 2. The molecule has 2 atom stereocenters. The van der Waals surface area contributed by atoms with Gasteiger partial charge in [0.1, 0.15) is 29.6 Å². The number of fused-ring (bicyclic) bond motifs is 3. The number of carbonyl (C=O) groups excluding carboxylic acids is 2. The Morgan fingerprint density at radius 2 is 1.91 bits per heavy atom. The molecule has 2 aromatic carbocycles. The lowest BCUT2D eigenvalue weighted by molar-refractivity contribution is -0.145. The molecular weight excluding hydrogens is 575 g/mol. The van der Waals surface area contributed by atoms with Crippen molar-refractivity contribution < 1.29 is 37.0 Å². The van der Waals surface area contributed by atoms with Crippen molar-refractivity contribution >= 4 is 23.0 Å². The number of aromatic nitrogens is 1. The number of esters is 1. The van der Waals surface area contributed by atoms with Crippen LogP contribution in [0.25, 0.3) is 10.9 Å². The maximum absolute atomic E-state index is 15.9. The predicted octanol–water partition coefficient (Wildman–Crippen LogP) is 6.49. The van der Waals surface area contributed by atoms with Crippen LogP contribution in [-0.4, -0.2) is 79.0 Å². The third-order valence-electron chi connectivity index (χ3n) is 7.82. The van der Waals surface area contributed by atoms with Gasteiger partial charge in [0, 0.05) is 41.8 Å². The van der Waals surface area contributed by atoms with Crippen molar-refractivity contribution in [1.82, 2.24) is 14.8 Å². The molecule has 0 spiro atoms. The smallest absolute Gasteiger partial charge is 0.410 e. The van der Waals surface area contributed by atoms with Crippen molar-refractivity contribution in [2.45, 2.75) is 59.1 Å². The Labute approximate surface area is 256 Å². The van der Waals surface area contributed by atoms with Crippen LogP contribution >= 0.6 is 0 Å². The molecule has 1 aliphatic heterocycles. The van der Waals surface area contributed by atoms with E-state index in [2.05, 4.69) is 4.98 Å². The number of alkyl halides is 1. The zero-order chi connectivity index (χ0) is 32.2. The number of halogens is 3. The SMILES string of the molecule is COC(=O)[C@H](C)CN1CCc2c([nH]c3ccc(F)cc23)C1c1c(F)ccc(OCCN(CCCF)C(=O)OC(C)(C)C)c1C. The van der Waals surface area contributed by atoms with E-state index in [1.807, 2.05) is 4.90 Å². The lowest BCUT2D eigenvalue weighted by Gasteiger charge is -2.38. The standard InChI is InChI=1S/C33H42F3N3O5/c1-20(31(40)42-6)19-39-15-12-23-24-18-22(35)8-10-26(24)37-29(23)30(39)28-21(2)27(11-9-25(28)36)43-17-16-38(14-7-13-34)32(41)44-33(3,4)5/h8-11,18,20,30,37H,7,12-17,19H2,1-6H3/t20-,30?/m1/s1. The Morgan fingerprint density at radius 1 is 1.16 bits per heavy atom. The highest BCUT2D eigenvalue weighted by atomic mass is 19.1. The van der Waals surface area contributed by atoms with Gasteiger partial charge < -0.3 is 24.1 Å². The number of aromatic amines is 1. The van der Waals surface area contributed by atoms with Gasteiger partial charge in [-0.05, 0) is 82.0 Å². The Kier molecular flexibility index (Phi) is 10.5. The van der Waals surface area contributed by atoms with Crippen molar-refractivity contribution in [3.8, 4) is 5.75 Å². The van der Waals surface area contributed by atoms with Crippen molar-refractivity contribution in [2.75, 3.05) is 46.6 Å². The van der Waals surface area contributed by atoms with Gasteiger partial charge in [-0.15, -0.1) is 0 Å². The number of nitrogens with one attached hydrogen (secondary N) is 1. The molecule has 0 saturated carbocycles. The minimum absolute atomic E-state index is 0.0715. The van der Waals surface area contributed by atoms with Crippen LogP contribution in [0.1, 0.15) is 62.5 Å². The summed E-state index contributed by atoms with van der Waals surface area (Å²) in [6.07, 6.45) is 0.183. The highest BCUT2D eigenvalue weighted by molar-refractivity contribution is 5.85. The average Bonchev–Trinajstić information content (AvgIpc) is 3.33. The zero-order valence-electron chi connectivity index (χ0n) is 26.3. The van der Waals surface area contributed by atoms with Gasteiger partial charge in [-0.3, -0.25) is 14.1 Å². The van der Waals surface area contributed by atoms with Crippen LogP contribution in [0.2, 0.25) is 0 Å². The number of hydrogen-bond donors (Lipinski definition) is 1. The number of carbonyl (C=O) groups is 2. The number of ether oxygens (including phenoxy) is 3. The molecule has 1 unspecified atom stereocenters. The molecule has 3 aromatic rings. The van der Waals surface area contributed by atoms with E-state index in [-0.39, 0.29) is 37.9 Å². The second kappa shape index (κ2) is 13.9. The molecule has 0 aliphatic carbocycles. The number of hydrogen-bond acceptors (Lipinski definition) is 6. The van der Waals surface area contributed by atoms with E-state index in [9.17, 15) is 18.4 Å². The van der Waals surface area contributed by atoms with Crippen LogP contribution in [0.5, 0.6) is 5.75 Å². The number of benzene rings is 2. The van der Waals surface area contributed by atoms with Crippen molar-refractivity contribution in [1.29, 1.82) is 0 Å². The highest BCUT2D eigenvalue weighted by Gasteiger charge is 2.36. The Bertz CT molecular complexity index is 1490. The van der Waals surface area contributed by atoms with Crippen LogP contribution in [0.15, 0.2) is 30.3 Å². The third kappa shape index (κ3) is 7.49. The van der Waals surface area contributed by atoms with Gasteiger partial charge in [-0.2, -0.15) is 0 Å². The molecule has 0 fully saturated rings. The first-order valence-corrected chi connectivity index (χ1v) is 14.9. The fourth-order valence-corrected chi connectivity index (χ4v) is 5.77. The van der Waals surface area contributed by atoms with Gasteiger partial charge >= 0.3 is 12.1 Å².